The van der Waals surface area contributed by atoms with Crippen molar-refractivity contribution in [1.82, 2.24) is 14.3 Å². The first-order chi connectivity index (χ1) is 17.6. The Balaban J connectivity index is 1.61. The molecule has 2 aliphatic rings. The number of ether oxygens (including phenoxy) is 2. The number of aryl methyl sites for hydroxylation is 1. The highest BCUT2D eigenvalue weighted by Crippen LogP contribution is 2.41. The monoisotopic (exact) mass is 499 g/mol. The Morgan fingerprint density at radius 3 is 1.68 bits per heavy atom. The minimum absolute atomic E-state index is 0.0670. The van der Waals surface area contributed by atoms with Gasteiger partial charge in [-0.25, -0.2) is 19.1 Å². The van der Waals surface area contributed by atoms with Crippen LogP contribution in [0.5, 0.6) is 0 Å². The lowest BCUT2D eigenvalue weighted by Crippen LogP contribution is -2.49. The second-order valence-electron chi connectivity index (χ2n) is 9.48. The van der Waals surface area contributed by atoms with Crippen molar-refractivity contribution in [3.8, 4) is 0 Å². The normalized spacial score (nSPS) is 23.3. The third kappa shape index (κ3) is 4.12. The van der Waals surface area contributed by atoms with Crippen LogP contribution in [0.15, 0.2) is 94.6 Å². The first-order valence-corrected chi connectivity index (χ1v) is 11.8. The summed E-state index contributed by atoms with van der Waals surface area (Å²) in [7, 11) is 0. The highest BCUT2D eigenvalue weighted by Gasteiger charge is 2.47. The largest absolute Gasteiger partial charge is 0.449 e. The molecule has 0 aliphatic carbocycles. The number of hydrogen-bond donors (Lipinski definition) is 0. The van der Waals surface area contributed by atoms with Gasteiger partial charge in [0.25, 0.3) is 5.56 Å². The maximum atomic E-state index is 13.7. The van der Waals surface area contributed by atoms with Crippen LogP contribution < -0.4 is 11.2 Å². The average Bonchev–Trinajstić information content (AvgIpc) is 3.36. The van der Waals surface area contributed by atoms with Crippen LogP contribution in [0.1, 0.15) is 29.7 Å². The van der Waals surface area contributed by atoms with Crippen LogP contribution in [0.2, 0.25) is 0 Å². The van der Waals surface area contributed by atoms with Crippen LogP contribution in [-0.4, -0.2) is 26.3 Å². The molecule has 2 saturated heterocycles. The molecule has 0 saturated carbocycles. The molecule has 2 atom stereocenters. The minimum atomic E-state index is -1.28. The molecule has 2 fully saturated rings. The van der Waals surface area contributed by atoms with Crippen molar-refractivity contribution in [2.75, 3.05) is 0 Å². The maximum absolute atomic E-state index is 13.7. The summed E-state index contributed by atoms with van der Waals surface area (Å²) in [6.07, 6.45) is 0.280. The quantitative estimate of drug-likeness (QED) is 0.379. The molecule has 188 valence electrons. The van der Waals surface area contributed by atoms with Crippen molar-refractivity contribution < 1.29 is 19.1 Å². The summed E-state index contributed by atoms with van der Waals surface area (Å²) >= 11 is 0. The van der Waals surface area contributed by atoms with Crippen LogP contribution in [0.25, 0.3) is 0 Å². The molecule has 3 heterocycles. The van der Waals surface area contributed by atoms with Gasteiger partial charge >= 0.3 is 17.6 Å². The minimum Gasteiger partial charge on any atom is -0.449 e. The molecule has 5 rings (SSSR count). The van der Waals surface area contributed by atoms with Gasteiger partial charge in [0.15, 0.2) is 11.2 Å². The van der Waals surface area contributed by atoms with E-state index in [0.29, 0.717) is 11.1 Å². The highest BCUT2D eigenvalue weighted by atomic mass is 16.6. The lowest BCUT2D eigenvalue weighted by Gasteiger charge is -2.30. The molecule has 0 spiro atoms. The zero-order chi connectivity index (χ0) is 26.4. The topological polar surface area (TPSA) is 109 Å². The van der Waals surface area contributed by atoms with E-state index in [0.717, 1.165) is 9.25 Å². The predicted molar refractivity (Wildman–Crippen MR) is 133 cm³/mol. The molecular formula is C28H25N3O6. The molecule has 37 heavy (non-hydrogen) atoms. The molecule has 3 aromatic rings. The summed E-state index contributed by atoms with van der Waals surface area (Å²) in [4.78, 5) is 51.7. The Labute approximate surface area is 212 Å². The van der Waals surface area contributed by atoms with Crippen LogP contribution in [0, 0.1) is 6.92 Å². The molecule has 9 nitrogen and oxygen atoms in total. The fourth-order valence-electron chi connectivity index (χ4n) is 5.00. The molecule has 2 unspecified atom stereocenters. The number of hydrogen-bond acceptors (Lipinski definition) is 7. The van der Waals surface area contributed by atoms with E-state index >= 15 is 0 Å². The summed E-state index contributed by atoms with van der Waals surface area (Å²) < 4.78 is 13.6. The number of carbonyl (C=O) groups is 2. The number of carbonyl (C=O) groups excluding carboxylic acids is 2. The molecule has 0 radical (unpaired) electrons. The SMILES string of the molecule is C=C1CC(Cn2nc(C)c(=O)n(CC3(c4ccccc4)CC(=C)C(=O)O3)c2=O)(c2ccccc2)OC1=O. The van der Waals surface area contributed by atoms with Gasteiger partial charge in [0.1, 0.15) is 5.69 Å². The van der Waals surface area contributed by atoms with Gasteiger partial charge in [-0.15, -0.1) is 0 Å². The molecule has 0 amide bonds. The summed E-state index contributed by atoms with van der Waals surface area (Å²) in [5.41, 5.74) is -1.92. The number of benzene rings is 2. The van der Waals surface area contributed by atoms with Gasteiger partial charge in [-0.1, -0.05) is 73.8 Å². The van der Waals surface area contributed by atoms with Crippen LogP contribution in [-0.2, 0) is 43.4 Å². The summed E-state index contributed by atoms with van der Waals surface area (Å²) in [5, 5.41) is 4.24. The number of nitrogens with zero attached hydrogens (tertiary/aromatic N) is 3. The van der Waals surface area contributed by atoms with Crippen molar-refractivity contribution in [3.63, 3.8) is 0 Å². The Bertz CT molecular complexity index is 1520. The Morgan fingerprint density at radius 1 is 0.784 bits per heavy atom. The number of rotatable bonds is 6. The second kappa shape index (κ2) is 8.85. The van der Waals surface area contributed by atoms with Gasteiger partial charge < -0.3 is 9.47 Å². The standard InChI is InChI=1S/C28H25N3O6/c1-18-14-27(36-24(18)33,21-10-6-4-7-11-21)16-30-23(32)20(3)29-31(26(30)35)17-28(15-19(2)25(34)37-28)22-12-8-5-9-13-22/h4-13H,1-2,14-17H2,3H3. The Hall–Kier alpha value is -4.53. The Morgan fingerprint density at radius 2 is 1.24 bits per heavy atom. The third-order valence-corrected chi connectivity index (χ3v) is 6.85. The van der Waals surface area contributed by atoms with Crippen molar-refractivity contribution in [2.45, 2.75) is 44.1 Å². The van der Waals surface area contributed by atoms with Crippen LogP contribution in [0.3, 0.4) is 0 Å². The zero-order valence-corrected chi connectivity index (χ0v) is 20.3. The fraction of sp³-hybridized carbons (Fsp3) is 0.250. The molecule has 0 N–H and O–H groups in total. The predicted octanol–water partition coefficient (Wildman–Crippen LogP) is 2.51. The van der Waals surface area contributed by atoms with E-state index in [9.17, 15) is 19.2 Å². The van der Waals surface area contributed by atoms with Crippen LogP contribution in [0.4, 0.5) is 0 Å². The first-order valence-electron chi connectivity index (χ1n) is 11.8. The smallest absolute Gasteiger partial charge is 0.347 e. The van der Waals surface area contributed by atoms with E-state index in [4.69, 9.17) is 9.47 Å². The first kappa shape index (κ1) is 24.2. The van der Waals surface area contributed by atoms with E-state index in [1.54, 1.807) is 48.5 Å². The highest BCUT2D eigenvalue weighted by molar-refractivity contribution is 5.91. The number of cyclic esters (lactones) is 2. The second-order valence-corrected chi connectivity index (χ2v) is 9.48. The van der Waals surface area contributed by atoms with Crippen molar-refractivity contribution in [3.05, 3.63) is 123 Å². The third-order valence-electron chi connectivity index (χ3n) is 6.85. The van der Waals surface area contributed by atoms with Crippen molar-refractivity contribution in [2.24, 2.45) is 0 Å². The molecule has 0 bridgehead atoms. The van der Waals surface area contributed by atoms with E-state index in [1.165, 1.54) is 6.92 Å². The van der Waals surface area contributed by atoms with Crippen molar-refractivity contribution >= 4 is 11.9 Å². The summed E-state index contributed by atoms with van der Waals surface area (Å²) in [5.74, 6) is -1.14. The molecule has 1 aromatic heterocycles. The maximum Gasteiger partial charge on any atom is 0.347 e. The van der Waals surface area contributed by atoms with Gasteiger partial charge in [-0.05, 0) is 18.1 Å². The van der Waals surface area contributed by atoms with E-state index in [2.05, 4.69) is 18.3 Å². The van der Waals surface area contributed by atoms with E-state index in [1.807, 2.05) is 12.1 Å². The van der Waals surface area contributed by atoms with E-state index < -0.39 is 34.4 Å². The fourth-order valence-corrected chi connectivity index (χ4v) is 5.00. The van der Waals surface area contributed by atoms with Crippen LogP contribution >= 0.6 is 0 Å². The molecular weight excluding hydrogens is 474 g/mol. The van der Waals surface area contributed by atoms with Gasteiger partial charge in [-0.2, -0.15) is 5.10 Å². The van der Waals surface area contributed by atoms with E-state index in [-0.39, 0.29) is 42.8 Å². The lowest BCUT2D eigenvalue weighted by molar-refractivity contribution is -0.149. The van der Waals surface area contributed by atoms with Gasteiger partial charge in [0.2, 0.25) is 0 Å². The average molecular weight is 500 g/mol. The zero-order valence-electron chi connectivity index (χ0n) is 20.3. The van der Waals surface area contributed by atoms with Gasteiger partial charge in [0.05, 0.1) is 13.1 Å². The summed E-state index contributed by atoms with van der Waals surface area (Å²) in [6.45, 7) is 8.73. The van der Waals surface area contributed by atoms with Gasteiger partial charge in [-0.3, -0.25) is 9.36 Å². The molecule has 2 aliphatic heterocycles. The summed E-state index contributed by atoms with van der Waals surface area (Å²) in [6, 6.07) is 18.0. The van der Waals surface area contributed by atoms with Crippen molar-refractivity contribution in [1.29, 1.82) is 0 Å². The van der Waals surface area contributed by atoms with Gasteiger partial charge in [0, 0.05) is 24.0 Å². The molecule has 2 aromatic carbocycles. The Kier molecular flexibility index (Phi) is 5.78. The number of aromatic nitrogens is 3. The lowest BCUT2D eigenvalue weighted by atomic mass is 9.89. The molecule has 9 heteroatoms. The number of esters is 2.